The molecular formula is C28H36Cl2N2O2. The van der Waals surface area contributed by atoms with Gasteiger partial charge in [0.25, 0.3) is 0 Å². The molecule has 4 aliphatic rings. The summed E-state index contributed by atoms with van der Waals surface area (Å²) in [6.45, 7) is 7.36. The summed E-state index contributed by atoms with van der Waals surface area (Å²) in [7, 11) is 1.97. The van der Waals surface area contributed by atoms with Crippen molar-refractivity contribution in [1.82, 2.24) is 10.2 Å². The van der Waals surface area contributed by atoms with Crippen molar-refractivity contribution in [3.8, 4) is 0 Å². The highest BCUT2D eigenvalue weighted by atomic mass is 35.5. The van der Waals surface area contributed by atoms with Gasteiger partial charge in [0.05, 0.1) is 0 Å². The molecule has 1 N–H and O–H groups in total. The minimum atomic E-state index is 0.0139. The van der Waals surface area contributed by atoms with Crippen LogP contribution in [0.2, 0.25) is 10.0 Å². The van der Waals surface area contributed by atoms with Gasteiger partial charge in [-0.15, -0.1) is 0 Å². The summed E-state index contributed by atoms with van der Waals surface area (Å²) in [4.78, 5) is 27.9. The average Bonchev–Trinajstić information content (AvgIpc) is 3.13. The Kier molecular flexibility index (Phi) is 6.08. The summed E-state index contributed by atoms with van der Waals surface area (Å²) in [6, 6.07) is 5.45. The molecule has 0 bridgehead atoms. The number of carbonyl (C=O) groups excluding carboxylic acids is 2. The van der Waals surface area contributed by atoms with Crippen molar-refractivity contribution in [2.24, 2.45) is 34.5 Å². The standard InChI is InChI=1S/C28H36Cl2N2O2/c1-16-14-17-19-8-9-21(26(34)31-15-18-22(29)6-5-7-23(18)30)27(19,2)12-10-20(17)28(3)13-11-24(33)32(4)25(16)28/h5-7,17,19-21H,8-15H2,1-4H3,(H,31,34)/t17-,19-,20-,21+,27-,28+/m0/s1. The molecule has 184 valence electrons. The number of nitrogens with zero attached hydrogens (tertiary/aromatic N) is 1. The molecule has 1 aliphatic heterocycles. The smallest absolute Gasteiger partial charge is 0.226 e. The zero-order chi connectivity index (χ0) is 24.4. The number of rotatable bonds is 3. The number of hydrogen-bond donors (Lipinski definition) is 1. The molecule has 0 spiro atoms. The first-order valence-electron chi connectivity index (χ1n) is 12.8. The molecule has 2 saturated carbocycles. The van der Waals surface area contributed by atoms with Crippen LogP contribution >= 0.6 is 23.2 Å². The Morgan fingerprint density at radius 1 is 1.12 bits per heavy atom. The Morgan fingerprint density at radius 2 is 1.82 bits per heavy atom. The molecule has 1 saturated heterocycles. The molecule has 1 aromatic rings. The van der Waals surface area contributed by atoms with E-state index in [1.807, 2.05) is 30.1 Å². The summed E-state index contributed by atoms with van der Waals surface area (Å²) < 4.78 is 0. The lowest BCUT2D eigenvalue weighted by Crippen LogP contribution is -2.55. The molecule has 34 heavy (non-hydrogen) atoms. The fourth-order valence-electron chi connectivity index (χ4n) is 8.54. The highest BCUT2D eigenvalue weighted by Crippen LogP contribution is 2.66. The van der Waals surface area contributed by atoms with Gasteiger partial charge in [-0.25, -0.2) is 0 Å². The molecule has 1 aromatic carbocycles. The van der Waals surface area contributed by atoms with Gasteiger partial charge in [0.2, 0.25) is 11.8 Å². The first-order valence-corrected chi connectivity index (χ1v) is 13.5. The van der Waals surface area contributed by atoms with Crippen molar-refractivity contribution in [1.29, 1.82) is 0 Å². The summed E-state index contributed by atoms with van der Waals surface area (Å²) in [5.41, 5.74) is 3.53. The van der Waals surface area contributed by atoms with E-state index in [0.717, 1.165) is 44.1 Å². The van der Waals surface area contributed by atoms with Crippen LogP contribution in [0.5, 0.6) is 0 Å². The zero-order valence-electron chi connectivity index (χ0n) is 20.7. The molecule has 0 aromatic heterocycles. The molecule has 3 aliphatic carbocycles. The van der Waals surface area contributed by atoms with Gasteiger partial charge in [-0.05, 0) is 80.8 Å². The SMILES string of the molecule is CC1=C2N(C)C(=O)CC[C@]2(C)[C@H]2CC[C@]3(C)[C@@H](C(=O)NCc4c(Cl)cccc4Cl)CC[C@H]3[C@@H]2C1. The quantitative estimate of drug-likeness (QED) is 0.505. The Morgan fingerprint density at radius 3 is 2.53 bits per heavy atom. The van der Waals surface area contributed by atoms with Gasteiger partial charge in [0, 0.05) is 52.7 Å². The second kappa shape index (κ2) is 8.55. The van der Waals surface area contributed by atoms with E-state index < -0.39 is 0 Å². The number of benzene rings is 1. The van der Waals surface area contributed by atoms with Crippen molar-refractivity contribution >= 4 is 35.0 Å². The first-order chi connectivity index (χ1) is 16.1. The van der Waals surface area contributed by atoms with E-state index in [4.69, 9.17) is 23.2 Å². The number of nitrogens with one attached hydrogen (secondary N) is 1. The van der Waals surface area contributed by atoms with Gasteiger partial charge >= 0.3 is 0 Å². The number of halogens is 2. The van der Waals surface area contributed by atoms with Crippen LogP contribution in [-0.4, -0.2) is 23.8 Å². The number of carbonyl (C=O) groups is 2. The highest BCUT2D eigenvalue weighted by molar-refractivity contribution is 6.36. The van der Waals surface area contributed by atoms with Gasteiger partial charge in [-0.3, -0.25) is 9.59 Å². The van der Waals surface area contributed by atoms with E-state index in [2.05, 4.69) is 26.1 Å². The van der Waals surface area contributed by atoms with E-state index in [1.54, 1.807) is 0 Å². The number of amides is 2. The van der Waals surface area contributed by atoms with E-state index in [0.29, 0.717) is 40.8 Å². The predicted molar refractivity (Wildman–Crippen MR) is 136 cm³/mol. The van der Waals surface area contributed by atoms with Crippen LogP contribution in [0.25, 0.3) is 0 Å². The molecule has 1 heterocycles. The Hall–Kier alpha value is -1.52. The molecule has 5 rings (SSSR count). The second-order valence-electron chi connectivity index (χ2n) is 11.7. The minimum absolute atomic E-state index is 0.0139. The number of hydrogen-bond acceptors (Lipinski definition) is 2. The number of piperidine rings is 1. The third-order valence-corrected chi connectivity index (χ3v) is 10.8. The molecule has 2 amide bonds. The van der Waals surface area contributed by atoms with Crippen LogP contribution in [0.15, 0.2) is 29.5 Å². The molecular weight excluding hydrogens is 467 g/mol. The van der Waals surface area contributed by atoms with Gasteiger partial charge < -0.3 is 10.2 Å². The van der Waals surface area contributed by atoms with Crippen molar-refractivity contribution in [2.45, 2.75) is 72.3 Å². The molecule has 0 radical (unpaired) electrons. The van der Waals surface area contributed by atoms with Gasteiger partial charge in [0.15, 0.2) is 0 Å². The van der Waals surface area contributed by atoms with Crippen LogP contribution in [0, 0.1) is 34.5 Å². The molecule has 3 fully saturated rings. The topological polar surface area (TPSA) is 49.4 Å². The second-order valence-corrected chi connectivity index (χ2v) is 12.5. The van der Waals surface area contributed by atoms with E-state index in [1.165, 1.54) is 11.3 Å². The van der Waals surface area contributed by atoms with Crippen LogP contribution in [0.4, 0.5) is 0 Å². The lowest BCUT2D eigenvalue weighted by molar-refractivity contribution is -0.138. The zero-order valence-corrected chi connectivity index (χ0v) is 22.2. The lowest BCUT2D eigenvalue weighted by atomic mass is 9.48. The van der Waals surface area contributed by atoms with Crippen LogP contribution < -0.4 is 5.32 Å². The van der Waals surface area contributed by atoms with Gasteiger partial charge in [0.1, 0.15) is 0 Å². The average molecular weight is 504 g/mol. The van der Waals surface area contributed by atoms with E-state index in [-0.39, 0.29) is 28.6 Å². The first kappa shape index (κ1) is 24.2. The number of fused-ring (bicyclic) bond motifs is 5. The highest BCUT2D eigenvalue weighted by Gasteiger charge is 2.61. The molecule has 4 nitrogen and oxygen atoms in total. The fraction of sp³-hybridized carbons (Fsp3) is 0.643. The fourth-order valence-corrected chi connectivity index (χ4v) is 9.07. The molecule has 6 atom stereocenters. The number of likely N-dealkylation sites (tertiary alicyclic amines) is 1. The van der Waals surface area contributed by atoms with Crippen molar-refractivity contribution in [3.05, 3.63) is 45.1 Å². The van der Waals surface area contributed by atoms with Crippen molar-refractivity contribution in [2.75, 3.05) is 7.05 Å². The van der Waals surface area contributed by atoms with Crippen molar-refractivity contribution in [3.63, 3.8) is 0 Å². The number of allylic oxidation sites excluding steroid dienone is 2. The van der Waals surface area contributed by atoms with E-state index >= 15 is 0 Å². The maximum atomic E-state index is 13.4. The maximum absolute atomic E-state index is 13.4. The monoisotopic (exact) mass is 502 g/mol. The van der Waals surface area contributed by atoms with Gasteiger partial charge in [-0.1, -0.05) is 48.7 Å². The van der Waals surface area contributed by atoms with Crippen LogP contribution in [0.3, 0.4) is 0 Å². The predicted octanol–water partition coefficient (Wildman–Crippen LogP) is 6.60. The summed E-state index contributed by atoms with van der Waals surface area (Å²) >= 11 is 12.6. The van der Waals surface area contributed by atoms with Gasteiger partial charge in [-0.2, -0.15) is 0 Å². The molecule has 0 unspecified atom stereocenters. The largest absolute Gasteiger partial charge is 0.352 e. The van der Waals surface area contributed by atoms with E-state index in [9.17, 15) is 9.59 Å². The Balaban J connectivity index is 1.37. The van der Waals surface area contributed by atoms with Crippen LogP contribution in [0.1, 0.15) is 71.3 Å². The Labute approximate surface area is 213 Å². The maximum Gasteiger partial charge on any atom is 0.226 e. The normalized spacial score (nSPS) is 37.2. The third-order valence-electron chi connectivity index (χ3n) is 10.1. The third kappa shape index (κ3) is 3.54. The van der Waals surface area contributed by atoms with Crippen molar-refractivity contribution < 1.29 is 9.59 Å². The Bertz CT molecular complexity index is 1050. The summed E-state index contributed by atoms with van der Waals surface area (Å²) in [5, 5.41) is 4.35. The lowest BCUT2D eigenvalue weighted by Gasteiger charge is -2.59. The molecule has 6 heteroatoms. The summed E-state index contributed by atoms with van der Waals surface area (Å²) in [6.07, 6.45) is 6.90. The summed E-state index contributed by atoms with van der Waals surface area (Å²) in [5.74, 6) is 2.13. The van der Waals surface area contributed by atoms with Crippen LogP contribution in [-0.2, 0) is 16.1 Å². The minimum Gasteiger partial charge on any atom is -0.352 e.